The number of halogens is 3. The van der Waals surface area contributed by atoms with Gasteiger partial charge in [0.2, 0.25) is 0 Å². The number of benzene rings is 3. The van der Waals surface area contributed by atoms with Crippen molar-refractivity contribution in [3.05, 3.63) is 106 Å². The molecule has 7 rings (SSSR count). The minimum absolute atomic E-state index is 0.255. The largest absolute Gasteiger partial charge is 0.272 e. The van der Waals surface area contributed by atoms with Crippen molar-refractivity contribution < 1.29 is 14.4 Å². The Bertz CT molecular complexity index is 1250. The minimum atomic E-state index is -1.29. The van der Waals surface area contributed by atoms with E-state index in [1.807, 2.05) is 48.5 Å². The molecule has 0 unspecified atom stereocenters. The summed E-state index contributed by atoms with van der Waals surface area (Å²) in [6, 6.07) is 20.9. The average molecular weight is 498 g/mol. The van der Waals surface area contributed by atoms with Gasteiger partial charge in [-0.15, -0.1) is 23.2 Å². The summed E-state index contributed by atoms with van der Waals surface area (Å²) in [4.78, 5) is 37.5. The molecule has 5 nitrogen and oxygen atoms in total. The predicted molar refractivity (Wildman–Crippen MR) is 124 cm³/mol. The van der Waals surface area contributed by atoms with Gasteiger partial charge in [0, 0.05) is 10.6 Å². The number of carbonyl (C=O) groups is 3. The van der Waals surface area contributed by atoms with Gasteiger partial charge >= 0.3 is 0 Å². The summed E-state index contributed by atoms with van der Waals surface area (Å²) in [6.07, 6.45) is 0. The minimum Gasteiger partial charge on any atom is -0.272 e. The first kappa shape index (κ1) is 20.7. The number of hydrogen-bond acceptors (Lipinski definition) is 3. The number of rotatable bonds is 2. The van der Waals surface area contributed by atoms with Crippen molar-refractivity contribution in [3.8, 4) is 0 Å². The molecule has 3 aromatic carbocycles. The van der Waals surface area contributed by atoms with E-state index in [0.717, 1.165) is 5.01 Å². The van der Waals surface area contributed by atoms with Crippen LogP contribution in [-0.2, 0) is 19.3 Å². The average Bonchev–Trinajstić information content (AvgIpc) is 3.09. The maximum Gasteiger partial charge on any atom is 0.270 e. The lowest BCUT2D eigenvalue weighted by Gasteiger charge is -2.54. The van der Waals surface area contributed by atoms with Crippen LogP contribution in [0.1, 0.15) is 32.6 Å². The Morgan fingerprint density at radius 3 is 1.52 bits per heavy atom. The van der Waals surface area contributed by atoms with E-state index in [-0.39, 0.29) is 5.56 Å². The lowest BCUT2D eigenvalue weighted by atomic mass is 9.54. The second kappa shape index (κ2) is 6.83. The number of carbonyl (C=O) groups excluding carboxylic acids is 3. The molecule has 4 aliphatic rings. The third-order valence-electron chi connectivity index (χ3n) is 6.91. The van der Waals surface area contributed by atoms with Crippen LogP contribution in [0.25, 0.3) is 0 Å². The molecule has 2 bridgehead atoms. The van der Waals surface area contributed by atoms with Gasteiger partial charge in [0.1, 0.15) is 9.75 Å². The molecule has 1 heterocycles. The van der Waals surface area contributed by atoms with E-state index in [2.05, 4.69) is 5.43 Å². The van der Waals surface area contributed by atoms with Crippen LogP contribution in [0.2, 0.25) is 5.02 Å². The van der Waals surface area contributed by atoms with Gasteiger partial charge in [-0.25, -0.2) is 0 Å². The maximum absolute atomic E-state index is 13.7. The van der Waals surface area contributed by atoms with Crippen LogP contribution in [0.3, 0.4) is 0 Å². The topological polar surface area (TPSA) is 66.5 Å². The molecule has 0 aromatic heterocycles. The van der Waals surface area contributed by atoms with Crippen molar-refractivity contribution in [1.29, 1.82) is 0 Å². The van der Waals surface area contributed by atoms with Gasteiger partial charge in [0.15, 0.2) is 0 Å². The van der Waals surface area contributed by atoms with Gasteiger partial charge < -0.3 is 0 Å². The molecule has 3 amide bonds. The molecule has 0 saturated carbocycles. The van der Waals surface area contributed by atoms with Gasteiger partial charge in [-0.1, -0.05) is 60.1 Å². The lowest BCUT2D eigenvalue weighted by molar-refractivity contribution is -0.142. The Hall–Kier alpha value is -2.86. The molecule has 0 radical (unpaired) electrons. The summed E-state index contributed by atoms with van der Waals surface area (Å²) in [6.45, 7) is 0. The highest BCUT2D eigenvalue weighted by Crippen LogP contribution is 2.69. The third-order valence-corrected chi connectivity index (χ3v) is 8.44. The lowest BCUT2D eigenvalue weighted by Crippen LogP contribution is -2.57. The normalized spacial score (nSPS) is 28.9. The summed E-state index contributed by atoms with van der Waals surface area (Å²) < 4.78 is 0. The van der Waals surface area contributed by atoms with Crippen molar-refractivity contribution in [2.45, 2.75) is 9.75 Å². The number of hydrogen-bond donors (Lipinski definition) is 1. The van der Waals surface area contributed by atoms with E-state index in [1.54, 1.807) is 12.1 Å². The van der Waals surface area contributed by atoms with Crippen LogP contribution in [0.15, 0.2) is 72.8 Å². The highest BCUT2D eigenvalue weighted by molar-refractivity contribution is 6.36. The SMILES string of the molecule is O=C(NN1C(=O)[C@@H]2[C@H](C1=O)C1(Cl)c3ccccc3C2(Cl)c2ccccc21)c1ccc(Cl)cc1. The molecular formula is C25H15Cl3N2O3. The molecule has 3 aliphatic carbocycles. The van der Waals surface area contributed by atoms with Crippen molar-refractivity contribution in [3.63, 3.8) is 0 Å². The molecule has 1 fully saturated rings. The van der Waals surface area contributed by atoms with E-state index < -0.39 is 39.3 Å². The van der Waals surface area contributed by atoms with Crippen LogP contribution in [0, 0.1) is 11.8 Å². The fraction of sp³-hybridized carbons (Fsp3) is 0.160. The Kier molecular flexibility index (Phi) is 4.29. The van der Waals surface area contributed by atoms with Crippen LogP contribution >= 0.6 is 34.8 Å². The smallest absolute Gasteiger partial charge is 0.270 e. The first-order valence-electron chi connectivity index (χ1n) is 10.3. The predicted octanol–water partition coefficient (Wildman–Crippen LogP) is 4.58. The highest BCUT2D eigenvalue weighted by Gasteiger charge is 2.73. The number of alkyl halides is 2. The van der Waals surface area contributed by atoms with Crippen molar-refractivity contribution in [2.75, 3.05) is 0 Å². The van der Waals surface area contributed by atoms with Gasteiger partial charge in [-0.3, -0.25) is 19.8 Å². The summed E-state index contributed by atoms with van der Waals surface area (Å²) in [5, 5.41) is 1.24. The first-order chi connectivity index (χ1) is 15.8. The van der Waals surface area contributed by atoms with E-state index >= 15 is 0 Å². The fourth-order valence-electron chi connectivity index (χ4n) is 5.54. The molecule has 164 valence electrons. The maximum atomic E-state index is 13.7. The van der Waals surface area contributed by atoms with Crippen LogP contribution in [0.4, 0.5) is 0 Å². The molecular weight excluding hydrogens is 483 g/mol. The number of hydrazine groups is 1. The Morgan fingerprint density at radius 1 is 0.727 bits per heavy atom. The number of amides is 3. The second-order valence-electron chi connectivity index (χ2n) is 8.43. The Balaban J connectivity index is 1.49. The zero-order chi connectivity index (χ0) is 23.1. The number of imide groups is 1. The zero-order valence-corrected chi connectivity index (χ0v) is 19.2. The number of nitrogens with one attached hydrogen (secondary N) is 1. The molecule has 1 N–H and O–H groups in total. The van der Waals surface area contributed by atoms with E-state index in [0.29, 0.717) is 27.3 Å². The quantitative estimate of drug-likeness (QED) is 0.416. The van der Waals surface area contributed by atoms with Gasteiger partial charge in [0.05, 0.1) is 11.8 Å². The van der Waals surface area contributed by atoms with Crippen molar-refractivity contribution in [1.82, 2.24) is 10.4 Å². The fourth-order valence-corrected chi connectivity index (χ4v) is 6.77. The molecule has 1 saturated heterocycles. The summed E-state index contributed by atoms with van der Waals surface area (Å²) >= 11 is 20.6. The van der Waals surface area contributed by atoms with Gasteiger partial charge in [-0.05, 0) is 46.5 Å². The Labute approximate surface area is 204 Å². The van der Waals surface area contributed by atoms with Gasteiger partial charge in [0.25, 0.3) is 17.7 Å². The molecule has 2 atom stereocenters. The molecule has 0 spiro atoms. The molecule has 3 aromatic rings. The van der Waals surface area contributed by atoms with E-state index in [4.69, 9.17) is 34.8 Å². The highest BCUT2D eigenvalue weighted by atomic mass is 35.5. The second-order valence-corrected chi connectivity index (χ2v) is 10.1. The zero-order valence-electron chi connectivity index (χ0n) is 16.9. The van der Waals surface area contributed by atoms with Crippen molar-refractivity contribution >= 4 is 52.5 Å². The first-order valence-corrected chi connectivity index (χ1v) is 11.4. The standard InChI is InChI=1S/C25H15Cl3N2O3/c26-14-11-9-13(10-12-14)21(31)29-30-22(32)19-20(23(30)33)25(28)16-6-2-1-5-15(16)24(19,27)17-7-3-4-8-18(17)25/h1-12,19-20H,(H,29,31)/t19-,20+,24?,25?. The van der Waals surface area contributed by atoms with Crippen LogP contribution < -0.4 is 5.43 Å². The molecule has 1 aliphatic heterocycles. The van der Waals surface area contributed by atoms with Crippen LogP contribution in [0.5, 0.6) is 0 Å². The summed E-state index contributed by atoms with van der Waals surface area (Å²) in [7, 11) is 0. The van der Waals surface area contributed by atoms with E-state index in [1.165, 1.54) is 12.1 Å². The Morgan fingerprint density at radius 2 is 1.12 bits per heavy atom. The summed E-state index contributed by atoms with van der Waals surface area (Å²) in [5.41, 5.74) is 5.53. The van der Waals surface area contributed by atoms with Crippen LogP contribution in [-0.4, -0.2) is 22.7 Å². The number of nitrogens with zero attached hydrogens (tertiary/aromatic N) is 1. The third kappa shape index (κ3) is 2.47. The van der Waals surface area contributed by atoms with Crippen molar-refractivity contribution in [2.24, 2.45) is 11.8 Å². The van der Waals surface area contributed by atoms with E-state index in [9.17, 15) is 14.4 Å². The molecule has 33 heavy (non-hydrogen) atoms. The monoisotopic (exact) mass is 496 g/mol. The molecule has 8 heteroatoms. The van der Waals surface area contributed by atoms with Gasteiger partial charge in [-0.2, -0.15) is 5.01 Å². The summed E-state index contributed by atoms with van der Waals surface area (Å²) in [5.74, 6) is -3.73.